The summed E-state index contributed by atoms with van der Waals surface area (Å²) in [5.74, 6) is 1.11. The van der Waals surface area contributed by atoms with E-state index in [1.165, 1.54) is 6.42 Å². The first-order valence-corrected chi connectivity index (χ1v) is 5.83. The van der Waals surface area contributed by atoms with E-state index in [-0.39, 0.29) is 0 Å². The van der Waals surface area contributed by atoms with Crippen LogP contribution in [0.5, 0.6) is 0 Å². The monoisotopic (exact) mass is 196 g/mol. The lowest BCUT2D eigenvalue weighted by Crippen LogP contribution is -2.38. The minimum atomic E-state index is 0.378. The highest BCUT2D eigenvalue weighted by atomic mass is 16.2. The van der Waals surface area contributed by atoms with Gasteiger partial charge in [0.05, 0.1) is 0 Å². The summed E-state index contributed by atoms with van der Waals surface area (Å²) in [6, 6.07) is 0.513. The van der Waals surface area contributed by atoms with E-state index in [2.05, 4.69) is 17.1 Å². The number of nitrogens with one attached hydrogen (secondary N) is 1. The Morgan fingerprint density at radius 3 is 3.14 bits per heavy atom. The molecule has 1 amide bonds. The molecule has 2 unspecified atom stereocenters. The molecule has 2 heterocycles. The van der Waals surface area contributed by atoms with E-state index in [0.717, 1.165) is 44.8 Å². The van der Waals surface area contributed by atoms with Crippen molar-refractivity contribution < 1.29 is 4.79 Å². The lowest BCUT2D eigenvalue weighted by molar-refractivity contribution is -0.132. The molecule has 3 nitrogen and oxygen atoms in total. The van der Waals surface area contributed by atoms with Crippen LogP contribution in [0.15, 0.2) is 0 Å². The molecule has 1 N–H and O–H groups in total. The van der Waals surface area contributed by atoms with E-state index in [4.69, 9.17) is 0 Å². The number of carbonyl (C=O) groups is 1. The maximum atomic E-state index is 11.8. The first-order chi connectivity index (χ1) is 6.83. The third kappa shape index (κ3) is 1.78. The molecule has 80 valence electrons. The van der Waals surface area contributed by atoms with E-state index < -0.39 is 0 Å². The second kappa shape index (κ2) is 4.30. The predicted octanol–water partition coefficient (Wildman–Crippen LogP) is 0.997. The van der Waals surface area contributed by atoms with E-state index in [1.54, 1.807) is 0 Å². The van der Waals surface area contributed by atoms with E-state index in [9.17, 15) is 4.79 Å². The quantitative estimate of drug-likeness (QED) is 0.730. The van der Waals surface area contributed by atoms with Crippen LogP contribution < -0.4 is 5.32 Å². The summed E-state index contributed by atoms with van der Waals surface area (Å²) < 4.78 is 0. The number of hydrogen-bond acceptors (Lipinski definition) is 2. The Morgan fingerprint density at radius 2 is 2.36 bits per heavy atom. The molecule has 0 radical (unpaired) electrons. The van der Waals surface area contributed by atoms with Crippen LogP contribution in [0.25, 0.3) is 0 Å². The molecule has 0 aromatic carbocycles. The van der Waals surface area contributed by atoms with Gasteiger partial charge in [-0.25, -0.2) is 0 Å². The standard InChI is InChI=1S/C11H20N2O/c1-2-3-4-11(14)13-6-5-9-7-12-8-10(9)13/h9-10,12H,2-8H2,1H3. The fraction of sp³-hybridized carbons (Fsp3) is 0.909. The van der Waals surface area contributed by atoms with Gasteiger partial charge in [0.25, 0.3) is 0 Å². The highest BCUT2D eigenvalue weighted by molar-refractivity contribution is 5.77. The topological polar surface area (TPSA) is 32.3 Å². The van der Waals surface area contributed by atoms with Gasteiger partial charge in [-0.15, -0.1) is 0 Å². The number of nitrogens with zero attached hydrogens (tertiary/aromatic N) is 1. The summed E-state index contributed by atoms with van der Waals surface area (Å²) >= 11 is 0. The van der Waals surface area contributed by atoms with Crippen LogP contribution in [0.4, 0.5) is 0 Å². The summed E-state index contributed by atoms with van der Waals surface area (Å²) in [6.45, 7) is 5.27. The molecule has 0 aromatic heterocycles. The molecule has 0 aromatic rings. The second-order valence-corrected chi connectivity index (χ2v) is 4.47. The molecule has 2 aliphatic heterocycles. The molecule has 2 aliphatic rings. The zero-order valence-corrected chi connectivity index (χ0v) is 8.96. The minimum Gasteiger partial charge on any atom is -0.338 e. The Hall–Kier alpha value is -0.570. The highest BCUT2D eigenvalue weighted by Crippen LogP contribution is 2.27. The fourth-order valence-corrected chi connectivity index (χ4v) is 2.63. The van der Waals surface area contributed by atoms with Gasteiger partial charge in [0.15, 0.2) is 0 Å². The number of amides is 1. The van der Waals surface area contributed by atoms with Crippen molar-refractivity contribution in [1.29, 1.82) is 0 Å². The first kappa shape index (κ1) is 9.97. The van der Waals surface area contributed by atoms with Gasteiger partial charge in [0.1, 0.15) is 0 Å². The van der Waals surface area contributed by atoms with Crippen molar-refractivity contribution in [3.63, 3.8) is 0 Å². The van der Waals surface area contributed by atoms with Gasteiger partial charge in [-0.2, -0.15) is 0 Å². The maximum absolute atomic E-state index is 11.8. The molecule has 14 heavy (non-hydrogen) atoms. The van der Waals surface area contributed by atoms with Crippen LogP contribution in [0.3, 0.4) is 0 Å². The lowest BCUT2D eigenvalue weighted by atomic mass is 10.1. The molecule has 0 aliphatic carbocycles. The molecule has 3 heteroatoms. The molecule has 2 rings (SSSR count). The Bertz CT molecular complexity index is 217. The molecular formula is C11H20N2O. The van der Waals surface area contributed by atoms with E-state index >= 15 is 0 Å². The number of fused-ring (bicyclic) bond motifs is 1. The Morgan fingerprint density at radius 1 is 1.50 bits per heavy atom. The van der Waals surface area contributed by atoms with E-state index in [0.29, 0.717) is 11.9 Å². The molecule has 0 bridgehead atoms. The largest absolute Gasteiger partial charge is 0.338 e. The van der Waals surface area contributed by atoms with Crippen LogP contribution in [0.2, 0.25) is 0 Å². The van der Waals surface area contributed by atoms with Crippen molar-refractivity contribution in [1.82, 2.24) is 10.2 Å². The average Bonchev–Trinajstić information content (AvgIpc) is 2.74. The number of unbranched alkanes of at least 4 members (excludes halogenated alkanes) is 1. The summed E-state index contributed by atoms with van der Waals surface area (Å²) in [6.07, 6.45) is 4.11. The average molecular weight is 196 g/mol. The van der Waals surface area contributed by atoms with Crippen LogP contribution >= 0.6 is 0 Å². The fourth-order valence-electron chi connectivity index (χ4n) is 2.63. The van der Waals surface area contributed by atoms with Gasteiger partial charge in [-0.1, -0.05) is 13.3 Å². The van der Waals surface area contributed by atoms with Gasteiger partial charge in [0, 0.05) is 32.1 Å². The number of likely N-dealkylation sites (tertiary alicyclic amines) is 1. The van der Waals surface area contributed by atoms with Gasteiger partial charge in [0.2, 0.25) is 5.91 Å². The van der Waals surface area contributed by atoms with Crippen LogP contribution in [0.1, 0.15) is 32.6 Å². The van der Waals surface area contributed by atoms with Crippen LogP contribution in [0, 0.1) is 5.92 Å². The van der Waals surface area contributed by atoms with Gasteiger partial charge in [-0.3, -0.25) is 4.79 Å². The van der Waals surface area contributed by atoms with Crippen molar-refractivity contribution >= 4 is 5.91 Å². The van der Waals surface area contributed by atoms with Gasteiger partial charge in [-0.05, 0) is 18.8 Å². The number of hydrogen-bond donors (Lipinski definition) is 1. The maximum Gasteiger partial charge on any atom is 0.222 e. The van der Waals surface area contributed by atoms with Crippen LogP contribution in [-0.2, 0) is 4.79 Å². The summed E-state index contributed by atoms with van der Waals surface area (Å²) in [4.78, 5) is 14.0. The summed E-state index contributed by atoms with van der Waals surface area (Å²) in [7, 11) is 0. The molecule has 0 spiro atoms. The Labute approximate surface area is 85.8 Å². The first-order valence-electron chi connectivity index (χ1n) is 5.83. The van der Waals surface area contributed by atoms with Crippen molar-refractivity contribution in [3.05, 3.63) is 0 Å². The molecule has 2 atom stereocenters. The van der Waals surface area contributed by atoms with Gasteiger partial charge >= 0.3 is 0 Å². The van der Waals surface area contributed by atoms with Gasteiger partial charge < -0.3 is 10.2 Å². The van der Waals surface area contributed by atoms with Crippen molar-refractivity contribution in [2.24, 2.45) is 5.92 Å². The predicted molar refractivity (Wildman–Crippen MR) is 56.0 cm³/mol. The highest BCUT2D eigenvalue weighted by Gasteiger charge is 2.39. The van der Waals surface area contributed by atoms with E-state index in [1.807, 2.05) is 0 Å². The summed E-state index contributed by atoms with van der Waals surface area (Å²) in [5, 5.41) is 3.37. The molecule has 2 fully saturated rings. The smallest absolute Gasteiger partial charge is 0.222 e. The van der Waals surface area contributed by atoms with Crippen molar-refractivity contribution in [2.45, 2.75) is 38.6 Å². The summed E-state index contributed by atoms with van der Waals surface area (Å²) in [5.41, 5.74) is 0. The molecule has 2 saturated heterocycles. The number of carbonyl (C=O) groups excluding carboxylic acids is 1. The third-order valence-electron chi connectivity index (χ3n) is 3.51. The lowest BCUT2D eigenvalue weighted by Gasteiger charge is -2.23. The van der Waals surface area contributed by atoms with Crippen molar-refractivity contribution in [3.8, 4) is 0 Å². The van der Waals surface area contributed by atoms with Crippen LogP contribution in [-0.4, -0.2) is 36.5 Å². The Balaban J connectivity index is 1.88. The number of rotatable bonds is 3. The zero-order valence-electron chi connectivity index (χ0n) is 8.96. The van der Waals surface area contributed by atoms with Crippen molar-refractivity contribution in [2.75, 3.05) is 19.6 Å². The molecular weight excluding hydrogens is 176 g/mol. The molecule has 0 saturated carbocycles. The minimum absolute atomic E-state index is 0.378. The zero-order chi connectivity index (χ0) is 9.97. The normalized spacial score (nSPS) is 30.8. The third-order valence-corrected chi connectivity index (χ3v) is 3.51. The second-order valence-electron chi connectivity index (χ2n) is 4.47. The Kier molecular flexibility index (Phi) is 3.06. The SMILES string of the molecule is CCCCC(=O)N1CCC2CNCC21.